The molecule has 0 saturated carbocycles. The zero-order valence-corrected chi connectivity index (χ0v) is 10.5. The number of aliphatic hydroxyl groups is 2. The van der Waals surface area contributed by atoms with Gasteiger partial charge in [-0.3, -0.25) is 4.79 Å². The molecule has 104 valence electrons. The largest absolute Gasteiger partial charge is 0.479 e. The van der Waals surface area contributed by atoms with Crippen LogP contribution >= 0.6 is 0 Å². The van der Waals surface area contributed by atoms with E-state index < -0.39 is 24.1 Å². The van der Waals surface area contributed by atoms with E-state index in [1.54, 1.807) is 0 Å². The number of carbonyl (C=O) groups excluding carboxylic acids is 1. The highest BCUT2D eigenvalue weighted by Crippen LogP contribution is 2.16. The van der Waals surface area contributed by atoms with Crippen molar-refractivity contribution < 1.29 is 24.9 Å². The van der Waals surface area contributed by atoms with Crippen LogP contribution in [0, 0.1) is 0 Å². The molecule has 0 saturated heterocycles. The molecule has 1 aromatic carbocycles. The number of aliphatic hydroxyl groups excluding tert-OH is 2. The SMILES string of the molecule is CC[C@H](NC(=O)[C@H](O)[C@@H](O)C(=O)O)c1ccccc1. The van der Waals surface area contributed by atoms with E-state index in [1.807, 2.05) is 37.3 Å². The van der Waals surface area contributed by atoms with Crippen LogP contribution in [0.3, 0.4) is 0 Å². The highest BCUT2D eigenvalue weighted by atomic mass is 16.4. The Labute approximate surface area is 110 Å². The summed E-state index contributed by atoms with van der Waals surface area (Å²) >= 11 is 0. The molecular formula is C13H17NO5. The Morgan fingerprint density at radius 2 is 1.74 bits per heavy atom. The minimum absolute atomic E-state index is 0.343. The van der Waals surface area contributed by atoms with Crippen LogP contribution in [0.25, 0.3) is 0 Å². The molecule has 1 amide bonds. The molecule has 3 atom stereocenters. The quantitative estimate of drug-likeness (QED) is 0.583. The van der Waals surface area contributed by atoms with E-state index in [0.29, 0.717) is 6.42 Å². The number of nitrogens with one attached hydrogen (secondary N) is 1. The molecule has 19 heavy (non-hydrogen) atoms. The molecule has 0 heterocycles. The number of amides is 1. The van der Waals surface area contributed by atoms with Crippen molar-refractivity contribution in [1.82, 2.24) is 5.32 Å². The Hall–Kier alpha value is -1.92. The van der Waals surface area contributed by atoms with Crippen molar-refractivity contribution in [2.45, 2.75) is 31.6 Å². The lowest BCUT2D eigenvalue weighted by Gasteiger charge is -2.20. The van der Waals surface area contributed by atoms with Gasteiger partial charge in [0.25, 0.3) is 5.91 Å². The summed E-state index contributed by atoms with van der Waals surface area (Å²) in [6, 6.07) is 8.74. The van der Waals surface area contributed by atoms with Crippen LogP contribution in [-0.4, -0.2) is 39.4 Å². The molecule has 4 N–H and O–H groups in total. The van der Waals surface area contributed by atoms with Gasteiger partial charge in [-0.2, -0.15) is 0 Å². The van der Waals surface area contributed by atoms with Crippen molar-refractivity contribution in [3.05, 3.63) is 35.9 Å². The fourth-order valence-corrected chi connectivity index (χ4v) is 1.64. The van der Waals surface area contributed by atoms with E-state index >= 15 is 0 Å². The maximum absolute atomic E-state index is 11.6. The first kappa shape index (κ1) is 15.1. The lowest BCUT2D eigenvalue weighted by molar-refractivity contribution is -0.158. The number of carboxylic acids is 1. The lowest BCUT2D eigenvalue weighted by atomic mass is 10.0. The smallest absolute Gasteiger partial charge is 0.335 e. The van der Waals surface area contributed by atoms with Gasteiger partial charge in [0.1, 0.15) is 0 Å². The van der Waals surface area contributed by atoms with E-state index in [-0.39, 0.29) is 6.04 Å². The molecule has 1 rings (SSSR count). The summed E-state index contributed by atoms with van der Waals surface area (Å²) in [6.45, 7) is 1.85. The van der Waals surface area contributed by atoms with Gasteiger partial charge in [-0.25, -0.2) is 4.79 Å². The predicted octanol–water partition coefficient (Wildman–Crippen LogP) is 0.0603. The molecule has 0 aliphatic rings. The van der Waals surface area contributed by atoms with Crippen molar-refractivity contribution in [1.29, 1.82) is 0 Å². The molecule has 0 spiro atoms. The Morgan fingerprint density at radius 1 is 1.16 bits per heavy atom. The van der Waals surface area contributed by atoms with Gasteiger partial charge in [0.15, 0.2) is 12.2 Å². The average molecular weight is 267 g/mol. The predicted molar refractivity (Wildman–Crippen MR) is 67.3 cm³/mol. The minimum atomic E-state index is -2.13. The maximum Gasteiger partial charge on any atom is 0.335 e. The number of hydrogen-bond donors (Lipinski definition) is 4. The summed E-state index contributed by atoms with van der Waals surface area (Å²) in [7, 11) is 0. The third kappa shape index (κ3) is 4.04. The van der Waals surface area contributed by atoms with Gasteiger partial charge < -0.3 is 20.6 Å². The van der Waals surface area contributed by atoms with Gasteiger partial charge >= 0.3 is 5.97 Å². The monoisotopic (exact) mass is 267 g/mol. The van der Waals surface area contributed by atoms with Gasteiger partial charge in [0.05, 0.1) is 6.04 Å². The third-order valence-electron chi connectivity index (χ3n) is 2.75. The van der Waals surface area contributed by atoms with E-state index in [9.17, 15) is 14.7 Å². The summed E-state index contributed by atoms with van der Waals surface area (Å²) in [5.74, 6) is -2.55. The summed E-state index contributed by atoms with van der Waals surface area (Å²) in [6.07, 6.45) is -3.55. The zero-order chi connectivity index (χ0) is 14.4. The van der Waals surface area contributed by atoms with Crippen LogP contribution in [0.2, 0.25) is 0 Å². The second kappa shape index (κ2) is 6.86. The van der Waals surface area contributed by atoms with Crippen LogP contribution in [0.5, 0.6) is 0 Å². The minimum Gasteiger partial charge on any atom is -0.479 e. The van der Waals surface area contributed by atoms with E-state index in [0.717, 1.165) is 5.56 Å². The molecular weight excluding hydrogens is 250 g/mol. The van der Waals surface area contributed by atoms with Crippen LogP contribution < -0.4 is 5.32 Å². The van der Waals surface area contributed by atoms with E-state index in [1.165, 1.54) is 0 Å². The molecule has 1 aromatic rings. The third-order valence-corrected chi connectivity index (χ3v) is 2.75. The van der Waals surface area contributed by atoms with Crippen LogP contribution in [-0.2, 0) is 9.59 Å². The number of aliphatic carboxylic acids is 1. The summed E-state index contributed by atoms with van der Waals surface area (Å²) < 4.78 is 0. The van der Waals surface area contributed by atoms with E-state index in [2.05, 4.69) is 5.32 Å². The maximum atomic E-state index is 11.6. The van der Waals surface area contributed by atoms with Crippen molar-refractivity contribution in [2.75, 3.05) is 0 Å². The van der Waals surface area contributed by atoms with Crippen molar-refractivity contribution >= 4 is 11.9 Å². The summed E-state index contributed by atoms with van der Waals surface area (Å²) in [5, 5.41) is 29.5. The topological polar surface area (TPSA) is 107 Å². The molecule has 0 aromatic heterocycles. The molecule has 0 radical (unpaired) electrons. The molecule has 0 bridgehead atoms. The van der Waals surface area contributed by atoms with Crippen molar-refractivity contribution in [2.24, 2.45) is 0 Å². The number of carboxylic acid groups (broad SMARTS) is 1. The normalized spacial score (nSPS) is 15.3. The Kier molecular flexibility index (Phi) is 5.47. The van der Waals surface area contributed by atoms with Crippen molar-refractivity contribution in [3.63, 3.8) is 0 Å². The first-order valence-corrected chi connectivity index (χ1v) is 5.91. The number of benzene rings is 1. The molecule has 0 aliphatic heterocycles. The standard InChI is InChI=1S/C13H17NO5/c1-2-9(8-6-4-3-5-7-8)14-12(17)10(15)11(16)13(18)19/h3-7,9-11,15-16H,2H2,1H3,(H,14,17)(H,18,19)/t9-,10+,11+/m0/s1. The van der Waals surface area contributed by atoms with Gasteiger partial charge in [-0.15, -0.1) is 0 Å². The zero-order valence-electron chi connectivity index (χ0n) is 10.5. The first-order valence-electron chi connectivity index (χ1n) is 5.91. The van der Waals surface area contributed by atoms with Gasteiger partial charge in [-0.1, -0.05) is 37.3 Å². The summed E-state index contributed by atoms with van der Waals surface area (Å²) in [5.41, 5.74) is 0.843. The fourth-order valence-electron chi connectivity index (χ4n) is 1.64. The van der Waals surface area contributed by atoms with Crippen molar-refractivity contribution in [3.8, 4) is 0 Å². The highest BCUT2D eigenvalue weighted by molar-refractivity contribution is 5.87. The van der Waals surface area contributed by atoms with Crippen LogP contribution in [0.1, 0.15) is 24.9 Å². The molecule has 6 heteroatoms. The summed E-state index contributed by atoms with van der Waals surface area (Å²) in [4.78, 5) is 22.1. The second-order valence-electron chi connectivity index (χ2n) is 4.11. The second-order valence-corrected chi connectivity index (χ2v) is 4.11. The molecule has 0 fully saturated rings. The van der Waals surface area contributed by atoms with Crippen LogP contribution in [0.15, 0.2) is 30.3 Å². The lowest BCUT2D eigenvalue weighted by Crippen LogP contribution is -2.46. The van der Waals surface area contributed by atoms with E-state index in [4.69, 9.17) is 10.2 Å². The average Bonchev–Trinajstić information content (AvgIpc) is 2.43. The molecule has 0 aliphatic carbocycles. The first-order chi connectivity index (χ1) is 8.97. The number of rotatable bonds is 6. The van der Waals surface area contributed by atoms with Gasteiger partial charge in [0, 0.05) is 0 Å². The fraction of sp³-hybridized carbons (Fsp3) is 0.385. The molecule has 0 unspecified atom stereocenters. The number of carbonyl (C=O) groups is 2. The Morgan fingerprint density at radius 3 is 2.21 bits per heavy atom. The van der Waals surface area contributed by atoms with Crippen LogP contribution in [0.4, 0.5) is 0 Å². The van der Waals surface area contributed by atoms with Gasteiger partial charge in [0.2, 0.25) is 0 Å². The molecule has 6 nitrogen and oxygen atoms in total. The Balaban J connectivity index is 2.71. The Bertz CT molecular complexity index is 434. The van der Waals surface area contributed by atoms with Gasteiger partial charge in [-0.05, 0) is 12.0 Å². The highest BCUT2D eigenvalue weighted by Gasteiger charge is 2.31. The number of hydrogen-bond acceptors (Lipinski definition) is 4.